The van der Waals surface area contributed by atoms with E-state index in [1.807, 2.05) is 24.3 Å². The van der Waals surface area contributed by atoms with Crippen LogP contribution in [0.3, 0.4) is 0 Å². The lowest BCUT2D eigenvalue weighted by molar-refractivity contribution is 0.661. The smallest absolute Gasteiger partial charge is 0.164 e. The minimum absolute atomic E-state index is 0.167. The zero-order valence-corrected chi connectivity index (χ0v) is 22.0. The highest BCUT2D eigenvalue weighted by Gasteiger charge is 2.37. The molecule has 3 heteroatoms. The topological polar surface area (TPSA) is 38.7 Å². The van der Waals surface area contributed by atoms with Gasteiger partial charge in [0.05, 0.1) is 0 Å². The SMILES string of the molecule is CC1(C)c2ccccc2-c2cccc(-c3nc(-c4ccccc4)nc(-c4ccc(-c5ccccc5)cc4)n3)c21. The molecule has 0 bridgehead atoms. The molecule has 0 amide bonds. The summed E-state index contributed by atoms with van der Waals surface area (Å²) in [6.07, 6.45) is 0. The Morgan fingerprint density at radius 2 is 0.846 bits per heavy atom. The number of aromatic nitrogens is 3. The number of hydrogen-bond donors (Lipinski definition) is 0. The normalized spacial score (nSPS) is 13.1. The number of nitrogens with zero attached hydrogens (tertiary/aromatic N) is 3. The Balaban J connectivity index is 1.41. The van der Waals surface area contributed by atoms with Gasteiger partial charge in [0.2, 0.25) is 0 Å². The van der Waals surface area contributed by atoms with Crippen molar-refractivity contribution in [1.29, 1.82) is 0 Å². The van der Waals surface area contributed by atoms with Crippen LogP contribution in [0.5, 0.6) is 0 Å². The van der Waals surface area contributed by atoms with E-state index in [2.05, 4.69) is 117 Å². The van der Waals surface area contributed by atoms with Gasteiger partial charge in [0.25, 0.3) is 0 Å². The molecule has 1 aliphatic rings. The van der Waals surface area contributed by atoms with E-state index < -0.39 is 0 Å². The van der Waals surface area contributed by atoms with Gasteiger partial charge in [-0.3, -0.25) is 0 Å². The molecule has 3 nitrogen and oxygen atoms in total. The Bertz CT molecular complexity index is 1810. The highest BCUT2D eigenvalue weighted by Crippen LogP contribution is 2.51. The van der Waals surface area contributed by atoms with Crippen LogP contribution in [0.2, 0.25) is 0 Å². The molecule has 0 aliphatic heterocycles. The number of fused-ring (bicyclic) bond motifs is 3. The molecule has 0 fully saturated rings. The van der Waals surface area contributed by atoms with Crippen LogP contribution in [0.1, 0.15) is 25.0 Å². The summed E-state index contributed by atoms with van der Waals surface area (Å²) in [4.78, 5) is 15.1. The van der Waals surface area contributed by atoms with Crippen molar-refractivity contribution in [2.75, 3.05) is 0 Å². The van der Waals surface area contributed by atoms with E-state index in [0.29, 0.717) is 17.5 Å². The first-order valence-corrected chi connectivity index (χ1v) is 13.3. The molecule has 186 valence electrons. The van der Waals surface area contributed by atoms with Gasteiger partial charge >= 0.3 is 0 Å². The minimum Gasteiger partial charge on any atom is -0.208 e. The molecule has 0 saturated carbocycles. The van der Waals surface area contributed by atoms with Crippen LogP contribution in [0.15, 0.2) is 127 Å². The van der Waals surface area contributed by atoms with Gasteiger partial charge in [0, 0.05) is 22.1 Å². The standard InChI is InChI=1S/C36H27N3/c1-36(2)31-19-10-9-16-28(31)29-17-11-18-30(32(29)36)35-38-33(26-14-7-4-8-15-26)37-34(39-35)27-22-20-25(21-23-27)24-12-5-3-6-13-24/h3-23H,1-2H3. The third kappa shape index (κ3) is 3.95. The lowest BCUT2D eigenvalue weighted by Crippen LogP contribution is -2.17. The zero-order valence-electron chi connectivity index (χ0n) is 22.0. The summed E-state index contributed by atoms with van der Waals surface area (Å²) in [6.45, 7) is 4.59. The molecular weight excluding hydrogens is 474 g/mol. The molecule has 0 saturated heterocycles. The molecule has 0 spiro atoms. The van der Waals surface area contributed by atoms with Gasteiger partial charge in [0.1, 0.15) is 0 Å². The second kappa shape index (κ2) is 9.14. The maximum Gasteiger partial charge on any atom is 0.164 e. The first-order chi connectivity index (χ1) is 19.1. The van der Waals surface area contributed by atoms with Gasteiger partial charge in [0.15, 0.2) is 17.5 Å². The summed E-state index contributed by atoms with van der Waals surface area (Å²) >= 11 is 0. The Hall–Kier alpha value is -4.89. The lowest BCUT2D eigenvalue weighted by atomic mass is 9.80. The highest BCUT2D eigenvalue weighted by atomic mass is 15.0. The quantitative estimate of drug-likeness (QED) is 0.242. The van der Waals surface area contributed by atoms with Crippen molar-refractivity contribution in [2.45, 2.75) is 19.3 Å². The van der Waals surface area contributed by atoms with E-state index in [1.54, 1.807) is 0 Å². The van der Waals surface area contributed by atoms with E-state index >= 15 is 0 Å². The molecule has 6 aromatic rings. The zero-order chi connectivity index (χ0) is 26.4. The molecule has 5 aromatic carbocycles. The summed E-state index contributed by atoms with van der Waals surface area (Å²) in [5, 5.41) is 0. The van der Waals surface area contributed by atoms with Crippen molar-refractivity contribution >= 4 is 0 Å². The van der Waals surface area contributed by atoms with Crippen LogP contribution in [-0.4, -0.2) is 15.0 Å². The van der Waals surface area contributed by atoms with Crippen LogP contribution in [0, 0.1) is 0 Å². The predicted molar refractivity (Wildman–Crippen MR) is 159 cm³/mol. The van der Waals surface area contributed by atoms with Gasteiger partial charge in [-0.1, -0.05) is 141 Å². The molecule has 39 heavy (non-hydrogen) atoms. The number of benzene rings is 5. The monoisotopic (exact) mass is 501 g/mol. The van der Waals surface area contributed by atoms with Gasteiger partial charge in [-0.25, -0.2) is 15.0 Å². The van der Waals surface area contributed by atoms with Crippen LogP contribution in [0.4, 0.5) is 0 Å². The minimum atomic E-state index is -0.167. The Morgan fingerprint density at radius 1 is 0.385 bits per heavy atom. The molecular formula is C36H27N3. The van der Waals surface area contributed by atoms with Crippen molar-refractivity contribution < 1.29 is 0 Å². The van der Waals surface area contributed by atoms with Crippen molar-refractivity contribution in [3.8, 4) is 56.4 Å². The largest absolute Gasteiger partial charge is 0.208 e. The first-order valence-electron chi connectivity index (χ1n) is 13.3. The second-order valence-corrected chi connectivity index (χ2v) is 10.5. The molecule has 0 unspecified atom stereocenters. The van der Waals surface area contributed by atoms with E-state index in [-0.39, 0.29) is 5.41 Å². The van der Waals surface area contributed by atoms with E-state index in [0.717, 1.165) is 22.3 Å². The maximum absolute atomic E-state index is 5.09. The van der Waals surface area contributed by atoms with Gasteiger partial charge in [-0.05, 0) is 33.4 Å². The lowest BCUT2D eigenvalue weighted by Gasteiger charge is -2.24. The predicted octanol–water partition coefficient (Wildman–Crippen LogP) is 8.85. The average Bonchev–Trinajstić information content (AvgIpc) is 3.24. The summed E-state index contributed by atoms with van der Waals surface area (Å²) in [7, 11) is 0. The van der Waals surface area contributed by atoms with Crippen LogP contribution in [-0.2, 0) is 5.41 Å². The summed E-state index contributed by atoms with van der Waals surface area (Å²) < 4.78 is 0. The fraction of sp³-hybridized carbons (Fsp3) is 0.0833. The van der Waals surface area contributed by atoms with Crippen LogP contribution < -0.4 is 0 Å². The maximum atomic E-state index is 5.09. The molecule has 7 rings (SSSR count). The fourth-order valence-corrected chi connectivity index (χ4v) is 5.82. The van der Waals surface area contributed by atoms with Crippen molar-refractivity contribution in [1.82, 2.24) is 15.0 Å². The molecule has 0 N–H and O–H groups in total. The van der Waals surface area contributed by atoms with E-state index in [9.17, 15) is 0 Å². The van der Waals surface area contributed by atoms with Crippen LogP contribution >= 0.6 is 0 Å². The van der Waals surface area contributed by atoms with Crippen molar-refractivity contribution in [3.05, 3.63) is 139 Å². The number of hydrogen-bond acceptors (Lipinski definition) is 3. The van der Waals surface area contributed by atoms with E-state index in [1.165, 1.54) is 27.8 Å². The molecule has 1 aliphatic carbocycles. The molecule has 0 radical (unpaired) electrons. The first kappa shape index (κ1) is 23.2. The number of rotatable bonds is 4. The average molecular weight is 502 g/mol. The Labute approximate surface area is 228 Å². The summed E-state index contributed by atoms with van der Waals surface area (Å²) in [6, 6.07) is 44.2. The molecule has 1 aromatic heterocycles. The summed E-state index contributed by atoms with van der Waals surface area (Å²) in [5.41, 5.74) is 10.3. The second-order valence-electron chi connectivity index (χ2n) is 10.5. The van der Waals surface area contributed by atoms with Crippen LogP contribution in [0.25, 0.3) is 56.4 Å². The fourth-order valence-electron chi connectivity index (χ4n) is 5.82. The van der Waals surface area contributed by atoms with Crippen molar-refractivity contribution in [2.24, 2.45) is 0 Å². The Morgan fingerprint density at radius 3 is 1.54 bits per heavy atom. The summed E-state index contributed by atoms with van der Waals surface area (Å²) in [5.74, 6) is 2.04. The Kier molecular flexibility index (Phi) is 5.45. The van der Waals surface area contributed by atoms with Gasteiger partial charge in [-0.15, -0.1) is 0 Å². The molecule has 1 heterocycles. The van der Waals surface area contributed by atoms with Gasteiger partial charge in [-0.2, -0.15) is 0 Å². The van der Waals surface area contributed by atoms with E-state index in [4.69, 9.17) is 15.0 Å². The molecule has 0 atom stereocenters. The third-order valence-electron chi connectivity index (χ3n) is 7.74. The third-order valence-corrected chi connectivity index (χ3v) is 7.74. The van der Waals surface area contributed by atoms with Crippen molar-refractivity contribution in [3.63, 3.8) is 0 Å². The highest BCUT2D eigenvalue weighted by molar-refractivity contribution is 5.87. The van der Waals surface area contributed by atoms with Gasteiger partial charge < -0.3 is 0 Å².